The summed E-state index contributed by atoms with van der Waals surface area (Å²) in [6.45, 7) is 6.49. The van der Waals surface area contributed by atoms with Crippen LogP contribution >= 0.6 is 7.92 Å². The van der Waals surface area contributed by atoms with Crippen molar-refractivity contribution in [3.63, 3.8) is 0 Å². The number of benzene rings is 3. The Kier molecular flexibility index (Phi) is 6.26. The van der Waals surface area contributed by atoms with Crippen molar-refractivity contribution in [1.29, 1.82) is 0 Å². The lowest BCUT2D eigenvalue weighted by Crippen LogP contribution is -2.26. The van der Waals surface area contributed by atoms with Crippen molar-refractivity contribution in [2.45, 2.75) is 20.8 Å². The molecule has 0 atom stereocenters. The Balaban J connectivity index is 2.33. The predicted molar refractivity (Wildman–Crippen MR) is 119 cm³/mol. The molecular formula is C24H27O3P. The molecular weight excluding hydrogens is 367 g/mol. The van der Waals surface area contributed by atoms with Gasteiger partial charge in [-0.3, -0.25) is 0 Å². The summed E-state index contributed by atoms with van der Waals surface area (Å²) in [5.41, 5.74) is 3.74. The number of methoxy groups -OCH3 is 3. The third-order valence-electron chi connectivity index (χ3n) is 4.97. The third kappa shape index (κ3) is 4.00. The SMILES string of the molecule is COc1ccc(C)c(P(c2cc(OC)ccc2C)c2cc(OC)ccc2C)c1. The summed E-state index contributed by atoms with van der Waals surface area (Å²) in [5.74, 6) is 2.61. The molecule has 0 saturated carbocycles. The van der Waals surface area contributed by atoms with Crippen molar-refractivity contribution in [3.05, 3.63) is 71.3 Å². The van der Waals surface area contributed by atoms with Crippen molar-refractivity contribution >= 4 is 23.8 Å². The lowest BCUT2D eigenvalue weighted by molar-refractivity contribution is 0.415. The molecule has 0 unspecified atom stereocenters. The molecule has 4 heteroatoms. The molecule has 3 nitrogen and oxygen atoms in total. The fraction of sp³-hybridized carbons (Fsp3) is 0.250. The summed E-state index contributed by atoms with van der Waals surface area (Å²) in [6, 6.07) is 18.9. The van der Waals surface area contributed by atoms with Crippen LogP contribution in [0.15, 0.2) is 54.6 Å². The number of rotatable bonds is 6. The molecule has 0 bridgehead atoms. The van der Waals surface area contributed by atoms with Crippen LogP contribution in [-0.4, -0.2) is 21.3 Å². The monoisotopic (exact) mass is 394 g/mol. The maximum atomic E-state index is 5.54. The Morgan fingerprint density at radius 2 is 0.786 bits per heavy atom. The topological polar surface area (TPSA) is 27.7 Å². The van der Waals surface area contributed by atoms with Gasteiger partial charge >= 0.3 is 0 Å². The molecule has 0 radical (unpaired) electrons. The van der Waals surface area contributed by atoms with Crippen LogP contribution in [0.5, 0.6) is 17.2 Å². The second-order valence-electron chi connectivity index (χ2n) is 6.79. The minimum absolute atomic E-state index is 0.814. The molecule has 0 amide bonds. The van der Waals surface area contributed by atoms with Gasteiger partial charge in [-0.05, 0) is 97.7 Å². The van der Waals surface area contributed by atoms with Crippen molar-refractivity contribution in [2.24, 2.45) is 0 Å². The largest absolute Gasteiger partial charge is 0.497 e. The maximum absolute atomic E-state index is 5.54. The zero-order chi connectivity index (χ0) is 20.3. The van der Waals surface area contributed by atoms with E-state index in [1.54, 1.807) is 21.3 Å². The van der Waals surface area contributed by atoms with Crippen LogP contribution in [0.2, 0.25) is 0 Å². The molecule has 3 aromatic carbocycles. The molecule has 0 spiro atoms. The van der Waals surface area contributed by atoms with Crippen LogP contribution in [0.3, 0.4) is 0 Å². The van der Waals surface area contributed by atoms with Crippen molar-refractivity contribution in [2.75, 3.05) is 21.3 Å². The van der Waals surface area contributed by atoms with E-state index >= 15 is 0 Å². The summed E-state index contributed by atoms with van der Waals surface area (Å²) in [5, 5.41) is 3.84. The lowest BCUT2D eigenvalue weighted by Gasteiger charge is -2.25. The molecule has 0 saturated heterocycles. The molecule has 146 valence electrons. The minimum atomic E-state index is -0.814. The molecule has 0 N–H and O–H groups in total. The first kappa shape index (κ1) is 20.2. The van der Waals surface area contributed by atoms with E-state index in [1.165, 1.54) is 32.6 Å². The van der Waals surface area contributed by atoms with E-state index in [-0.39, 0.29) is 0 Å². The first-order chi connectivity index (χ1) is 13.5. The van der Waals surface area contributed by atoms with Gasteiger partial charge in [-0.15, -0.1) is 0 Å². The van der Waals surface area contributed by atoms with Crippen molar-refractivity contribution in [3.8, 4) is 17.2 Å². The van der Waals surface area contributed by atoms with Crippen molar-refractivity contribution < 1.29 is 14.2 Å². The van der Waals surface area contributed by atoms with E-state index < -0.39 is 7.92 Å². The fourth-order valence-electron chi connectivity index (χ4n) is 3.26. The molecule has 28 heavy (non-hydrogen) atoms. The highest BCUT2D eigenvalue weighted by Crippen LogP contribution is 2.39. The third-order valence-corrected chi connectivity index (χ3v) is 7.86. The lowest BCUT2D eigenvalue weighted by atomic mass is 10.2. The fourth-order valence-corrected chi connectivity index (χ4v) is 6.09. The summed E-state index contributed by atoms with van der Waals surface area (Å²) in [7, 11) is 4.32. The van der Waals surface area contributed by atoms with E-state index in [4.69, 9.17) is 14.2 Å². The predicted octanol–water partition coefficient (Wildman–Crippen LogP) is 4.40. The number of hydrogen-bond donors (Lipinski definition) is 0. The van der Waals surface area contributed by atoms with Gasteiger partial charge in [0.2, 0.25) is 0 Å². The summed E-state index contributed by atoms with van der Waals surface area (Å²) in [4.78, 5) is 0. The normalized spacial score (nSPS) is 10.8. The van der Waals surface area contributed by atoms with Crippen LogP contribution < -0.4 is 30.1 Å². The zero-order valence-electron chi connectivity index (χ0n) is 17.4. The highest BCUT2D eigenvalue weighted by molar-refractivity contribution is 7.80. The first-order valence-corrected chi connectivity index (χ1v) is 10.6. The summed E-state index contributed by atoms with van der Waals surface area (Å²) in [6.07, 6.45) is 0. The van der Waals surface area contributed by atoms with Gasteiger partial charge in [0.25, 0.3) is 0 Å². The van der Waals surface area contributed by atoms with Gasteiger partial charge in [-0.1, -0.05) is 18.2 Å². The van der Waals surface area contributed by atoms with Gasteiger partial charge in [-0.25, -0.2) is 0 Å². The van der Waals surface area contributed by atoms with Gasteiger partial charge in [0, 0.05) is 0 Å². The van der Waals surface area contributed by atoms with Gasteiger partial charge < -0.3 is 14.2 Å². The van der Waals surface area contributed by atoms with Gasteiger partial charge in [0.05, 0.1) is 21.3 Å². The van der Waals surface area contributed by atoms with Crippen molar-refractivity contribution in [1.82, 2.24) is 0 Å². The first-order valence-electron chi connectivity index (χ1n) is 9.22. The maximum Gasteiger partial charge on any atom is 0.119 e. The molecule has 3 rings (SSSR count). The smallest absolute Gasteiger partial charge is 0.119 e. The standard InChI is InChI=1S/C24H27O3P/c1-16-7-10-19(25-4)13-22(16)28(23-14-20(26-5)11-8-17(23)2)24-15-21(27-6)12-9-18(24)3/h7-15H,1-6H3. The Labute approximate surface area is 169 Å². The van der Waals surface area contributed by atoms with Crippen LogP contribution in [0, 0.1) is 20.8 Å². The Morgan fingerprint density at radius 3 is 1.04 bits per heavy atom. The highest BCUT2D eigenvalue weighted by atomic mass is 31.1. The number of aryl methyl sites for hydroxylation is 3. The van der Waals surface area contributed by atoms with E-state index in [0.29, 0.717) is 0 Å². The quantitative estimate of drug-likeness (QED) is 0.580. The Hall–Kier alpha value is -2.51. The summed E-state index contributed by atoms with van der Waals surface area (Å²) >= 11 is 0. The van der Waals surface area contributed by atoms with Crippen LogP contribution in [-0.2, 0) is 0 Å². The van der Waals surface area contributed by atoms with Gasteiger partial charge in [0.15, 0.2) is 0 Å². The van der Waals surface area contributed by atoms with Crippen LogP contribution in [0.25, 0.3) is 0 Å². The minimum Gasteiger partial charge on any atom is -0.497 e. The van der Waals surface area contributed by atoms with Crippen LogP contribution in [0.4, 0.5) is 0 Å². The van der Waals surface area contributed by atoms with E-state index in [1.807, 2.05) is 18.2 Å². The van der Waals surface area contributed by atoms with Crippen LogP contribution in [0.1, 0.15) is 16.7 Å². The molecule has 0 fully saturated rings. The molecule has 0 heterocycles. The van der Waals surface area contributed by atoms with Gasteiger partial charge in [-0.2, -0.15) is 0 Å². The Morgan fingerprint density at radius 1 is 0.500 bits per heavy atom. The summed E-state index contributed by atoms with van der Waals surface area (Å²) < 4.78 is 16.6. The van der Waals surface area contributed by atoms with E-state index in [9.17, 15) is 0 Å². The average Bonchev–Trinajstić information content (AvgIpc) is 2.72. The highest BCUT2D eigenvalue weighted by Gasteiger charge is 2.23. The zero-order valence-corrected chi connectivity index (χ0v) is 18.3. The number of ether oxygens (including phenoxy) is 3. The Bertz CT molecular complexity index is 854. The van der Waals surface area contributed by atoms with E-state index in [0.717, 1.165) is 17.2 Å². The molecule has 0 aliphatic heterocycles. The molecule has 0 aliphatic carbocycles. The van der Waals surface area contributed by atoms with E-state index in [2.05, 4.69) is 57.2 Å². The average molecular weight is 394 g/mol. The molecule has 0 aliphatic rings. The second kappa shape index (κ2) is 8.67. The van der Waals surface area contributed by atoms with Gasteiger partial charge in [0.1, 0.15) is 17.2 Å². The second-order valence-corrected chi connectivity index (χ2v) is 8.91. The molecule has 3 aromatic rings. The number of hydrogen-bond acceptors (Lipinski definition) is 3. The molecule has 0 aromatic heterocycles.